The Morgan fingerprint density at radius 1 is 1.56 bits per heavy atom. The van der Waals surface area contributed by atoms with Crippen LogP contribution < -0.4 is 10.5 Å². The van der Waals surface area contributed by atoms with Gasteiger partial charge in [0.1, 0.15) is 5.75 Å². The van der Waals surface area contributed by atoms with Crippen LogP contribution in [-0.4, -0.2) is 32.9 Å². The molecule has 1 fully saturated rings. The maximum Gasteiger partial charge on any atom is 0.338 e. The summed E-state index contributed by atoms with van der Waals surface area (Å²) in [4.78, 5) is 11.8. The molecule has 1 unspecified atom stereocenters. The molecule has 0 saturated carbocycles. The van der Waals surface area contributed by atoms with Gasteiger partial charge in [-0.15, -0.1) is 0 Å². The summed E-state index contributed by atoms with van der Waals surface area (Å²) < 4.78 is 15.5. The smallest absolute Gasteiger partial charge is 0.338 e. The van der Waals surface area contributed by atoms with Crippen molar-refractivity contribution in [3.8, 4) is 5.75 Å². The molecule has 0 radical (unpaired) electrons. The first kappa shape index (κ1) is 12.7. The fraction of sp³-hybridized carbons (Fsp3) is 0.462. The van der Waals surface area contributed by atoms with Gasteiger partial charge >= 0.3 is 5.97 Å². The van der Waals surface area contributed by atoms with Crippen LogP contribution in [0.4, 0.5) is 5.69 Å². The van der Waals surface area contributed by atoms with E-state index >= 15 is 0 Å². The Kier molecular flexibility index (Phi) is 4.04. The third-order valence-corrected chi connectivity index (χ3v) is 2.94. The lowest BCUT2D eigenvalue weighted by Crippen LogP contribution is -2.14. The normalized spacial score (nSPS) is 18.6. The van der Waals surface area contributed by atoms with E-state index in [1.54, 1.807) is 18.2 Å². The number of nitrogens with two attached hydrogens (primary N) is 1. The molecule has 1 heterocycles. The van der Waals surface area contributed by atoms with Crippen LogP contribution in [0, 0.1) is 5.92 Å². The summed E-state index contributed by atoms with van der Waals surface area (Å²) in [6.07, 6.45) is 0.942. The first-order valence-corrected chi connectivity index (χ1v) is 5.89. The number of nitrogen functional groups attached to an aromatic ring is 1. The summed E-state index contributed by atoms with van der Waals surface area (Å²) in [5.41, 5.74) is 6.60. The van der Waals surface area contributed by atoms with Crippen LogP contribution in [0.5, 0.6) is 5.75 Å². The van der Waals surface area contributed by atoms with Crippen LogP contribution in [0.25, 0.3) is 0 Å². The molecule has 98 valence electrons. The van der Waals surface area contributed by atoms with Gasteiger partial charge in [-0.05, 0) is 24.6 Å². The molecule has 5 nitrogen and oxygen atoms in total. The number of carbonyl (C=O) groups is 1. The minimum Gasteiger partial charge on any atom is -0.495 e. The van der Waals surface area contributed by atoms with Crippen molar-refractivity contribution in [3.63, 3.8) is 0 Å². The van der Waals surface area contributed by atoms with Crippen molar-refractivity contribution in [1.82, 2.24) is 0 Å². The lowest BCUT2D eigenvalue weighted by Gasteiger charge is -2.10. The van der Waals surface area contributed by atoms with Crippen LogP contribution in [0.3, 0.4) is 0 Å². The monoisotopic (exact) mass is 251 g/mol. The van der Waals surface area contributed by atoms with E-state index in [1.807, 2.05) is 0 Å². The Balaban J connectivity index is 1.93. The first-order chi connectivity index (χ1) is 8.70. The molecule has 18 heavy (non-hydrogen) atoms. The Labute approximate surface area is 106 Å². The minimum atomic E-state index is -0.365. The molecule has 2 N–H and O–H groups in total. The van der Waals surface area contributed by atoms with Gasteiger partial charge in [0.15, 0.2) is 0 Å². The Hall–Kier alpha value is -1.75. The van der Waals surface area contributed by atoms with Crippen LogP contribution in [0.15, 0.2) is 18.2 Å². The molecule has 1 saturated heterocycles. The molecule has 0 amide bonds. The van der Waals surface area contributed by atoms with Gasteiger partial charge in [0.05, 0.1) is 31.6 Å². The van der Waals surface area contributed by atoms with E-state index in [4.69, 9.17) is 19.9 Å². The lowest BCUT2D eigenvalue weighted by atomic mass is 10.1. The van der Waals surface area contributed by atoms with Gasteiger partial charge in [-0.2, -0.15) is 0 Å². The first-order valence-electron chi connectivity index (χ1n) is 5.89. The number of anilines is 1. The molecule has 1 aliphatic rings. The van der Waals surface area contributed by atoms with Crippen LogP contribution in [0.1, 0.15) is 16.8 Å². The number of rotatable bonds is 4. The molecule has 0 spiro atoms. The van der Waals surface area contributed by atoms with E-state index in [2.05, 4.69) is 0 Å². The van der Waals surface area contributed by atoms with Crippen molar-refractivity contribution in [2.24, 2.45) is 5.92 Å². The highest BCUT2D eigenvalue weighted by Crippen LogP contribution is 2.22. The van der Waals surface area contributed by atoms with E-state index < -0.39 is 0 Å². The quantitative estimate of drug-likeness (QED) is 0.648. The zero-order valence-electron chi connectivity index (χ0n) is 10.3. The average molecular weight is 251 g/mol. The summed E-state index contributed by atoms with van der Waals surface area (Å²) in [7, 11) is 1.53. The lowest BCUT2D eigenvalue weighted by molar-refractivity contribution is 0.0428. The van der Waals surface area contributed by atoms with Crippen LogP contribution in [-0.2, 0) is 9.47 Å². The second-order valence-corrected chi connectivity index (χ2v) is 4.28. The van der Waals surface area contributed by atoms with Crippen molar-refractivity contribution < 1.29 is 19.0 Å². The Morgan fingerprint density at radius 3 is 3.00 bits per heavy atom. The van der Waals surface area contributed by atoms with Gasteiger partial charge in [0.2, 0.25) is 0 Å². The van der Waals surface area contributed by atoms with Crippen LogP contribution in [0.2, 0.25) is 0 Å². The topological polar surface area (TPSA) is 70.8 Å². The van der Waals surface area contributed by atoms with Crippen molar-refractivity contribution in [2.75, 3.05) is 32.7 Å². The molecular formula is C13H17NO4. The minimum absolute atomic E-state index is 0.310. The Bertz CT molecular complexity index is 427. The van der Waals surface area contributed by atoms with E-state index in [-0.39, 0.29) is 5.97 Å². The van der Waals surface area contributed by atoms with Gasteiger partial charge in [-0.3, -0.25) is 0 Å². The number of ether oxygens (including phenoxy) is 3. The summed E-state index contributed by atoms with van der Waals surface area (Å²) >= 11 is 0. The van der Waals surface area contributed by atoms with Crippen molar-refractivity contribution >= 4 is 11.7 Å². The number of methoxy groups -OCH3 is 1. The maximum absolute atomic E-state index is 11.8. The SMILES string of the molecule is COc1ccc(C(=O)OCC2CCOC2)cc1N. The van der Waals surface area contributed by atoms with Crippen molar-refractivity contribution in [1.29, 1.82) is 0 Å². The predicted octanol–water partition coefficient (Wildman–Crippen LogP) is 1.47. The molecule has 1 aromatic carbocycles. The maximum atomic E-state index is 11.8. The molecule has 0 aliphatic carbocycles. The summed E-state index contributed by atoms with van der Waals surface area (Å²) in [5, 5.41) is 0. The highest BCUT2D eigenvalue weighted by molar-refractivity contribution is 5.91. The summed E-state index contributed by atoms with van der Waals surface area (Å²) in [6.45, 7) is 1.81. The standard InChI is InChI=1S/C13H17NO4/c1-16-12-3-2-10(6-11(12)14)13(15)18-8-9-4-5-17-7-9/h2-3,6,9H,4-5,7-8,14H2,1H3. The third kappa shape index (κ3) is 2.92. The van der Waals surface area contributed by atoms with Crippen molar-refractivity contribution in [3.05, 3.63) is 23.8 Å². The number of esters is 1. The second-order valence-electron chi connectivity index (χ2n) is 4.28. The molecule has 0 bridgehead atoms. The van der Waals surface area contributed by atoms with Crippen molar-refractivity contribution in [2.45, 2.75) is 6.42 Å². The fourth-order valence-corrected chi connectivity index (χ4v) is 1.85. The fourth-order valence-electron chi connectivity index (χ4n) is 1.85. The molecule has 1 aromatic rings. The highest BCUT2D eigenvalue weighted by Gasteiger charge is 2.18. The van der Waals surface area contributed by atoms with Gasteiger partial charge in [0.25, 0.3) is 0 Å². The van der Waals surface area contributed by atoms with E-state index in [9.17, 15) is 4.79 Å². The Morgan fingerprint density at radius 2 is 2.39 bits per heavy atom. The van der Waals surface area contributed by atoms with E-state index in [0.717, 1.165) is 13.0 Å². The molecule has 2 rings (SSSR count). The van der Waals surface area contributed by atoms with E-state index in [0.29, 0.717) is 36.1 Å². The zero-order chi connectivity index (χ0) is 13.0. The van der Waals surface area contributed by atoms with Gasteiger partial charge in [0, 0.05) is 12.5 Å². The number of hydrogen-bond donors (Lipinski definition) is 1. The summed E-state index contributed by atoms with van der Waals surface area (Å²) in [6, 6.07) is 4.86. The number of carbonyl (C=O) groups excluding carboxylic acids is 1. The zero-order valence-corrected chi connectivity index (χ0v) is 10.3. The average Bonchev–Trinajstić information content (AvgIpc) is 2.89. The molecule has 5 heteroatoms. The largest absolute Gasteiger partial charge is 0.495 e. The predicted molar refractivity (Wildman–Crippen MR) is 66.6 cm³/mol. The molecule has 0 aromatic heterocycles. The van der Waals surface area contributed by atoms with Crippen LogP contribution >= 0.6 is 0 Å². The molecule has 1 aliphatic heterocycles. The van der Waals surface area contributed by atoms with E-state index in [1.165, 1.54) is 7.11 Å². The molecular weight excluding hydrogens is 234 g/mol. The number of benzene rings is 1. The van der Waals surface area contributed by atoms with Gasteiger partial charge in [-0.25, -0.2) is 4.79 Å². The second kappa shape index (κ2) is 5.73. The van der Waals surface area contributed by atoms with Gasteiger partial charge < -0.3 is 19.9 Å². The highest BCUT2D eigenvalue weighted by atomic mass is 16.5. The number of hydrogen-bond acceptors (Lipinski definition) is 5. The summed E-state index contributed by atoms with van der Waals surface area (Å²) in [5.74, 6) is 0.497. The van der Waals surface area contributed by atoms with Gasteiger partial charge in [-0.1, -0.05) is 0 Å². The third-order valence-electron chi connectivity index (χ3n) is 2.94. The molecule has 1 atom stereocenters.